The molecule has 1 amide bonds. The second kappa shape index (κ2) is 6.21. The van der Waals surface area contributed by atoms with Crippen LogP contribution in [0.4, 0.5) is 10.1 Å². The SMILES string of the molecule is Nc1nc(CC(=O)N/N=C/c2ccc([N+](=O)[O-])s2)cs1. The van der Waals surface area contributed by atoms with Crippen LogP contribution in [0.5, 0.6) is 0 Å². The highest BCUT2D eigenvalue weighted by Crippen LogP contribution is 2.22. The maximum absolute atomic E-state index is 11.5. The van der Waals surface area contributed by atoms with Crippen molar-refractivity contribution in [1.82, 2.24) is 10.4 Å². The van der Waals surface area contributed by atoms with Crippen LogP contribution in [-0.2, 0) is 11.2 Å². The van der Waals surface area contributed by atoms with Gasteiger partial charge in [0.05, 0.1) is 28.1 Å². The molecule has 0 unspecified atom stereocenters. The number of thiazole rings is 1. The van der Waals surface area contributed by atoms with Gasteiger partial charge < -0.3 is 5.73 Å². The van der Waals surface area contributed by atoms with Gasteiger partial charge in [0.15, 0.2) is 5.13 Å². The third kappa shape index (κ3) is 3.83. The summed E-state index contributed by atoms with van der Waals surface area (Å²) in [6.07, 6.45) is 1.43. The van der Waals surface area contributed by atoms with Gasteiger partial charge in [0, 0.05) is 11.4 Å². The Bertz CT molecular complexity index is 663. The molecule has 2 heterocycles. The highest BCUT2D eigenvalue weighted by atomic mass is 32.1. The van der Waals surface area contributed by atoms with Crippen LogP contribution in [0.2, 0.25) is 0 Å². The number of carbonyl (C=O) groups is 1. The molecule has 104 valence electrons. The van der Waals surface area contributed by atoms with Crippen LogP contribution in [0.25, 0.3) is 0 Å². The molecule has 0 saturated heterocycles. The van der Waals surface area contributed by atoms with Gasteiger partial charge >= 0.3 is 5.00 Å². The number of hydrogen-bond acceptors (Lipinski definition) is 8. The van der Waals surface area contributed by atoms with Gasteiger partial charge in [-0.15, -0.1) is 11.3 Å². The van der Waals surface area contributed by atoms with Crippen molar-refractivity contribution in [1.29, 1.82) is 0 Å². The molecule has 20 heavy (non-hydrogen) atoms. The predicted molar refractivity (Wildman–Crippen MR) is 76.9 cm³/mol. The number of nitrogens with two attached hydrogens (primary N) is 1. The van der Waals surface area contributed by atoms with Crippen LogP contribution >= 0.6 is 22.7 Å². The number of thiophene rings is 1. The Morgan fingerprint density at radius 3 is 3.00 bits per heavy atom. The Hall–Kier alpha value is -2.33. The number of nitrogens with zero attached hydrogens (tertiary/aromatic N) is 3. The molecule has 0 fully saturated rings. The van der Waals surface area contributed by atoms with Crippen LogP contribution < -0.4 is 11.2 Å². The van der Waals surface area contributed by atoms with Crippen molar-refractivity contribution in [2.75, 3.05) is 5.73 Å². The lowest BCUT2D eigenvalue weighted by Gasteiger charge is -1.95. The molecule has 0 atom stereocenters. The highest BCUT2D eigenvalue weighted by Gasteiger charge is 2.08. The van der Waals surface area contributed by atoms with Gasteiger partial charge in [-0.25, -0.2) is 10.4 Å². The van der Waals surface area contributed by atoms with Gasteiger partial charge in [0.1, 0.15) is 0 Å². The summed E-state index contributed by atoms with van der Waals surface area (Å²) in [5, 5.41) is 16.3. The van der Waals surface area contributed by atoms with E-state index in [0.717, 1.165) is 11.3 Å². The Balaban J connectivity index is 1.86. The van der Waals surface area contributed by atoms with E-state index in [-0.39, 0.29) is 17.3 Å². The van der Waals surface area contributed by atoms with E-state index in [9.17, 15) is 14.9 Å². The summed E-state index contributed by atoms with van der Waals surface area (Å²) >= 11 is 2.23. The van der Waals surface area contributed by atoms with E-state index in [0.29, 0.717) is 15.7 Å². The maximum Gasteiger partial charge on any atom is 0.324 e. The number of nitrogens with one attached hydrogen (secondary N) is 1. The van der Waals surface area contributed by atoms with Crippen molar-refractivity contribution in [3.8, 4) is 0 Å². The topological polar surface area (TPSA) is 124 Å². The van der Waals surface area contributed by atoms with Crippen LogP contribution in [0.15, 0.2) is 22.6 Å². The number of anilines is 1. The molecule has 0 aliphatic heterocycles. The first-order chi connectivity index (χ1) is 9.54. The van der Waals surface area contributed by atoms with Crippen LogP contribution in [-0.4, -0.2) is 22.0 Å². The molecule has 0 bridgehead atoms. The third-order valence-corrected chi connectivity index (χ3v) is 3.78. The van der Waals surface area contributed by atoms with Gasteiger partial charge in [-0.05, 0) is 6.07 Å². The minimum absolute atomic E-state index is 0.0238. The van der Waals surface area contributed by atoms with E-state index >= 15 is 0 Å². The van der Waals surface area contributed by atoms with Gasteiger partial charge in [-0.1, -0.05) is 11.3 Å². The second-order valence-corrected chi connectivity index (χ2v) is 5.56. The summed E-state index contributed by atoms with van der Waals surface area (Å²) in [6.45, 7) is 0. The lowest BCUT2D eigenvalue weighted by molar-refractivity contribution is -0.380. The molecule has 8 nitrogen and oxygen atoms in total. The molecule has 0 radical (unpaired) electrons. The fourth-order valence-electron chi connectivity index (χ4n) is 1.29. The largest absolute Gasteiger partial charge is 0.375 e. The van der Waals surface area contributed by atoms with Crippen molar-refractivity contribution in [3.63, 3.8) is 0 Å². The number of carbonyl (C=O) groups excluding carboxylic acids is 1. The Labute approximate surface area is 121 Å². The molecule has 2 aromatic heterocycles. The Morgan fingerprint density at radius 2 is 2.40 bits per heavy atom. The smallest absolute Gasteiger partial charge is 0.324 e. The lowest BCUT2D eigenvalue weighted by Crippen LogP contribution is -2.19. The predicted octanol–water partition coefficient (Wildman–Crippen LogP) is 1.39. The number of amides is 1. The Kier molecular flexibility index (Phi) is 4.38. The van der Waals surface area contributed by atoms with Crippen molar-refractivity contribution >= 4 is 44.9 Å². The first-order valence-corrected chi connectivity index (χ1v) is 7.00. The molecule has 2 rings (SSSR count). The highest BCUT2D eigenvalue weighted by molar-refractivity contribution is 7.16. The average molecular weight is 311 g/mol. The molecular formula is C10H9N5O3S2. The van der Waals surface area contributed by atoms with Crippen molar-refractivity contribution < 1.29 is 9.72 Å². The van der Waals surface area contributed by atoms with Crippen molar-refractivity contribution in [2.24, 2.45) is 5.10 Å². The standard InChI is InChI=1S/C10H9N5O3S2/c11-10-13-6(5-19-10)3-8(16)14-12-4-7-1-2-9(20-7)15(17)18/h1-2,4-5H,3H2,(H2,11,13)(H,14,16)/b12-4+. The summed E-state index contributed by atoms with van der Waals surface area (Å²) < 4.78 is 0. The molecule has 0 spiro atoms. The number of nitro groups is 1. The second-order valence-electron chi connectivity index (χ2n) is 3.58. The van der Waals surface area contributed by atoms with E-state index in [1.807, 2.05) is 0 Å². The zero-order valence-electron chi connectivity index (χ0n) is 9.98. The zero-order chi connectivity index (χ0) is 14.5. The van der Waals surface area contributed by atoms with E-state index in [1.54, 1.807) is 11.4 Å². The summed E-state index contributed by atoms with van der Waals surface area (Å²) in [5.74, 6) is -0.336. The third-order valence-electron chi connectivity index (χ3n) is 2.08. The molecule has 0 aromatic carbocycles. The molecular weight excluding hydrogens is 302 g/mol. The zero-order valence-corrected chi connectivity index (χ0v) is 11.6. The van der Waals surface area contributed by atoms with E-state index in [4.69, 9.17) is 5.73 Å². The molecule has 0 saturated carbocycles. The van der Waals surface area contributed by atoms with Crippen LogP contribution in [0.1, 0.15) is 10.6 Å². The monoisotopic (exact) mass is 311 g/mol. The maximum atomic E-state index is 11.5. The minimum Gasteiger partial charge on any atom is -0.375 e. The number of rotatable bonds is 5. The van der Waals surface area contributed by atoms with E-state index in [2.05, 4.69) is 15.5 Å². The summed E-state index contributed by atoms with van der Waals surface area (Å²) in [6, 6.07) is 2.94. The first-order valence-electron chi connectivity index (χ1n) is 5.30. The molecule has 3 N–H and O–H groups in total. The average Bonchev–Trinajstić information content (AvgIpc) is 2.99. The van der Waals surface area contributed by atoms with E-state index in [1.165, 1.54) is 23.6 Å². The van der Waals surface area contributed by atoms with Crippen molar-refractivity contribution in [3.05, 3.63) is 38.2 Å². The molecule has 0 aliphatic carbocycles. The molecule has 0 aliphatic rings. The van der Waals surface area contributed by atoms with Crippen molar-refractivity contribution in [2.45, 2.75) is 6.42 Å². The summed E-state index contributed by atoms with van der Waals surface area (Å²) in [5.41, 5.74) is 8.34. The number of nitrogen functional groups attached to an aromatic ring is 1. The first kappa shape index (κ1) is 14.1. The van der Waals surface area contributed by atoms with Gasteiger partial charge in [0.2, 0.25) is 5.91 Å². The van der Waals surface area contributed by atoms with Gasteiger partial charge in [-0.3, -0.25) is 14.9 Å². The minimum atomic E-state index is -0.479. The lowest BCUT2D eigenvalue weighted by atomic mass is 10.3. The van der Waals surface area contributed by atoms with Crippen LogP contribution in [0.3, 0.4) is 0 Å². The van der Waals surface area contributed by atoms with E-state index < -0.39 is 4.92 Å². The quantitative estimate of drug-likeness (QED) is 0.490. The molecule has 10 heteroatoms. The summed E-state index contributed by atoms with van der Waals surface area (Å²) in [7, 11) is 0. The van der Waals surface area contributed by atoms with Crippen LogP contribution in [0, 0.1) is 10.1 Å². The number of hydrazone groups is 1. The Morgan fingerprint density at radius 1 is 1.60 bits per heavy atom. The number of hydrogen-bond donors (Lipinski definition) is 2. The van der Waals surface area contributed by atoms with Gasteiger partial charge in [-0.2, -0.15) is 5.10 Å². The molecule has 2 aromatic rings. The van der Waals surface area contributed by atoms with Gasteiger partial charge in [0.25, 0.3) is 0 Å². The summed E-state index contributed by atoms with van der Waals surface area (Å²) in [4.78, 5) is 26.1. The fourth-order valence-corrected chi connectivity index (χ4v) is 2.54. The normalized spacial score (nSPS) is 10.8. The fraction of sp³-hybridized carbons (Fsp3) is 0.100. The number of aromatic nitrogens is 1.